The Balaban J connectivity index is 1.60. The molecule has 0 saturated carbocycles. The maximum atomic E-state index is 13.2. The molecule has 0 bridgehead atoms. The first-order chi connectivity index (χ1) is 14.7. The predicted octanol–water partition coefficient (Wildman–Crippen LogP) is 5.41. The number of anilines is 1. The van der Waals surface area contributed by atoms with Crippen LogP contribution < -0.4 is 5.32 Å². The minimum atomic E-state index is -4.84. The first-order valence-electron chi connectivity index (χ1n) is 8.94. The summed E-state index contributed by atoms with van der Waals surface area (Å²) in [5.74, 6) is -0.510. The van der Waals surface area contributed by atoms with Gasteiger partial charge in [0.05, 0.1) is 27.1 Å². The van der Waals surface area contributed by atoms with Crippen molar-refractivity contribution in [2.45, 2.75) is 6.18 Å². The van der Waals surface area contributed by atoms with Crippen molar-refractivity contribution < 1.29 is 22.9 Å². The predicted molar refractivity (Wildman–Crippen MR) is 108 cm³/mol. The topological polar surface area (TPSA) is 101 Å². The Morgan fingerprint density at radius 2 is 1.74 bits per heavy atom. The van der Waals surface area contributed by atoms with Gasteiger partial charge in [-0.1, -0.05) is 12.1 Å². The molecule has 0 saturated heterocycles. The van der Waals surface area contributed by atoms with E-state index in [-0.39, 0.29) is 5.69 Å². The first kappa shape index (κ1) is 20.1. The van der Waals surface area contributed by atoms with E-state index in [0.29, 0.717) is 29.6 Å². The summed E-state index contributed by atoms with van der Waals surface area (Å²) in [5.41, 5.74) is -0.138. The van der Waals surface area contributed by atoms with E-state index in [1.165, 1.54) is 12.1 Å². The lowest BCUT2D eigenvalue weighted by Gasteiger charge is -2.13. The van der Waals surface area contributed by atoms with Gasteiger partial charge < -0.3 is 10.3 Å². The molecule has 4 aromatic rings. The van der Waals surface area contributed by atoms with Gasteiger partial charge in [0.15, 0.2) is 0 Å². The van der Waals surface area contributed by atoms with Gasteiger partial charge in [0.25, 0.3) is 11.6 Å². The molecule has 0 aliphatic rings. The molecular weight excluding hydrogens is 413 g/mol. The highest BCUT2D eigenvalue weighted by atomic mass is 19.4. The van der Waals surface area contributed by atoms with Crippen molar-refractivity contribution in [3.05, 3.63) is 88.0 Å². The number of nitrogens with one attached hydrogen (secondary N) is 2. The van der Waals surface area contributed by atoms with Gasteiger partial charge >= 0.3 is 6.18 Å². The number of carbonyl (C=O) groups is 1. The lowest BCUT2D eigenvalue weighted by atomic mass is 10.0. The number of rotatable bonds is 4. The third kappa shape index (κ3) is 4.08. The van der Waals surface area contributed by atoms with Crippen molar-refractivity contribution in [2.24, 2.45) is 0 Å². The van der Waals surface area contributed by atoms with Crippen molar-refractivity contribution >= 4 is 28.3 Å². The summed E-state index contributed by atoms with van der Waals surface area (Å²) in [4.78, 5) is 30.1. The molecule has 156 valence electrons. The van der Waals surface area contributed by atoms with E-state index in [1.807, 2.05) is 24.3 Å². The number of non-ortho nitro benzene ring substituents is 1. The van der Waals surface area contributed by atoms with Gasteiger partial charge in [0.1, 0.15) is 5.82 Å². The number of nitro benzene ring substituents is 1. The summed E-state index contributed by atoms with van der Waals surface area (Å²) in [6.45, 7) is 0. The molecule has 1 amide bonds. The van der Waals surface area contributed by atoms with Crippen LogP contribution in [0.4, 0.5) is 24.5 Å². The number of hydrogen-bond donors (Lipinski definition) is 2. The molecule has 2 N–H and O–H groups in total. The van der Waals surface area contributed by atoms with Crippen molar-refractivity contribution in [1.82, 2.24) is 9.97 Å². The van der Waals surface area contributed by atoms with E-state index in [1.54, 1.807) is 12.1 Å². The van der Waals surface area contributed by atoms with Gasteiger partial charge in [-0.05, 0) is 42.5 Å². The summed E-state index contributed by atoms with van der Waals surface area (Å²) in [6.07, 6.45) is -4.84. The molecule has 1 aromatic heterocycles. The highest BCUT2D eigenvalue weighted by molar-refractivity contribution is 6.06. The van der Waals surface area contributed by atoms with Crippen molar-refractivity contribution in [1.29, 1.82) is 0 Å². The molecule has 1 heterocycles. The van der Waals surface area contributed by atoms with Crippen LogP contribution in [0.5, 0.6) is 0 Å². The van der Waals surface area contributed by atoms with Crippen LogP contribution in [0.3, 0.4) is 0 Å². The molecule has 0 fully saturated rings. The van der Waals surface area contributed by atoms with Crippen LogP contribution in [0.1, 0.15) is 15.9 Å². The number of aromatic amines is 1. The molecule has 7 nitrogen and oxygen atoms in total. The Labute approximate surface area is 172 Å². The number of H-pyrrole nitrogens is 1. The van der Waals surface area contributed by atoms with Gasteiger partial charge in [-0.3, -0.25) is 14.9 Å². The number of nitro groups is 1. The van der Waals surface area contributed by atoms with E-state index in [2.05, 4.69) is 15.3 Å². The van der Waals surface area contributed by atoms with E-state index >= 15 is 0 Å². The molecule has 10 heteroatoms. The summed E-state index contributed by atoms with van der Waals surface area (Å²) in [6, 6.07) is 15.6. The Hall–Kier alpha value is -4.21. The number of amides is 1. The smallest absolute Gasteiger partial charge is 0.338 e. The maximum Gasteiger partial charge on any atom is 0.417 e. The molecule has 0 aliphatic carbocycles. The van der Waals surface area contributed by atoms with Crippen molar-refractivity contribution in [2.75, 3.05) is 5.32 Å². The maximum absolute atomic E-state index is 13.2. The zero-order valence-electron chi connectivity index (χ0n) is 15.6. The minimum Gasteiger partial charge on any atom is -0.338 e. The van der Waals surface area contributed by atoms with Gasteiger partial charge in [-0.15, -0.1) is 0 Å². The lowest BCUT2D eigenvalue weighted by Crippen LogP contribution is -2.19. The second kappa shape index (κ2) is 7.56. The van der Waals surface area contributed by atoms with E-state index in [9.17, 15) is 28.1 Å². The third-order valence-electron chi connectivity index (χ3n) is 4.57. The SMILES string of the molecule is O=C(Nc1ccc(-c2nc3ccccc3[nH]2)cc1)c1cc([N+](=O)[O-])ccc1C(F)(F)F. The number of nitrogens with zero attached hydrogens (tertiary/aromatic N) is 2. The second-order valence-corrected chi connectivity index (χ2v) is 6.62. The van der Waals surface area contributed by atoms with Crippen LogP contribution >= 0.6 is 0 Å². The van der Waals surface area contributed by atoms with Crippen LogP contribution in [0.15, 0.2) is 66.7 Å². The summed E-state index contributed by atoms with van der Waals surface area (Å²) in [5, 5.41) is 13.3. The molecule has 4 rings (SSSR count). The van der Waals surface area contributed by atoms with Crippen molar-refractivity contribution in [3.8, 4) is 11.4 Å². The van der Waals surface area contributed by atoms with Crippen molar-refractivity contribution in [3.63, 3.8) is 0 Å². The summed E-state index contributed by atoms with van der Waals surface area (Å²) >= 11 is 0. The molecular formula is C21H13F3N4O3. The number of halogens is 3. The fourth-order valence-electron chi connectivity index (χ4n) is 3.08. The average molecular weight is 426 g/mol. The number of fused-ring (bicyclic) bond motifs is 1. The number of aromatic nitrogens is 2. The highest BCUT2D eigenvalue weighted by Gasteiger charge is 2.36. The quantitative estimate of drug-likeness (QED) is 0.337. The van der Waals surface area contributed by atoms with Crippen LogP contribution in [-0.4, -0.2) is 20.8 Å². The van der Waals surface area contributed by atoms with Gasteiger partial charge in [-0.25, -0.2) is 4.98 Å². The first-order valence-corrected chi connectivity index (χ1v) is 8.94. The summed E-state index contributed by atoms with van der Waals surface area (Å²) in [7, 11) is 0. The Bertz CT molecular complexity index is 1260. The number of carbonyl (C=O) groups excluding carboxylic acids is 1. The van der Waals surface area contributed by atoms with Gasteiger partial charge in [0, 0.05) is 23.4 Å². The summed E-state index contributed by atoms with van der Waals surface area (Å²) < 4.78 is 39.7. The Kier molecular flexibility index (Phi) is 4.90. The zero-order valence-corrected chi connectivity index (χ0v) is 15.6. The molecule has 0 spiro atoms. The average Bonchev–Trinajstić information content (AvgIpc) is 3.17. The largest absolute Gasteiger partial charge is 0.417 e. The van der Waals surface area contributed by atoms with E-state index in [4.69, 9.17) is 0 Å². The number of alkyl halides is 3. The molecule has 0 radical (unpaired) electrons. The molecule has 0 aliphatic heterocycles. The third-order valence-corrected chi connectivity index (χ3v) is 4.57. The number of benzene rings is 3. The second-order valence-electron chi connectivity index (χ2n) is 6.62. The van der Waals surface area contributed by atoms with Gasteiger partial charge in [0.2, 0.25) is 0 Å². The fourth-order valence-corrected chi connectivity index (χ4v) is 3.08. The van der Waals surface area contributed by atoms with E-state index < -0.39 is 33.8 Å². The number of hydrogen-bond acceptors (Lipinski definition) is 4. The molecule has 0 unspecified atom stereocenters. The molecule has 3 aromatic carbocycles. The minimum absolute atomic E-state index is 0.226. The van der Waals surface area contributed by atoms with Crippen LogP contribution in [0.25, 0.3) is 22.4 Å². The lowest BCUT2D eigenvalue weighted by molar-refractivity contribution is -0.384. The van der Waals surface area contributed by atoms with Crippen LogP contribution in [-0.2, 0) is 6.18 Å². The number of para-hydroxylation sites is 2. The monoisotopic (exact) mass is 426 g/mol. The Morgan fingerprint density at radius 1 is 1.03 bits per heavy atom. The highest BCUT2D eigenvalue weighted by Crippen LogP contribution is 2.34. The van der Waals surface area contributed by atoms with E-state index in [0.717, 1.165) is 11.0 Å². The van der Waals surface area contributed by atoms with Gasteiger partial charge in [-0.2, -0.15) is 13.2 Å². The molecule has 0 atom stereocenters. The number of imidazole rings is 1. The molecule has 31 heavy (non-hydrogen) atoms. The normalized spacial score (nSPS) is 11.5. The zero-order chi connectivity index (χ0) is 22.2. The Morgan fingerprint density at radius 3 is 2.39 bits per heavy atom. The van der Waals surface area contributed by atoms with Crippen LogP contribution in [0, 0.1) is 10.1 Å². The van der Waals surface area contributed by atoms with Crippen LogP contribution in [0.2, 0.25) is 0 Å². The fraction of sp³-hybridized carbons (Fsp3) is 0.0476. The standard InChI is InChI=1S/C21H13F3N4O3/c22-21(23,24)16-10-9-14(28(30)31)11-15(16)20(29)25-13-7-5-12(6-8-13)19-26-17-3-1-2-4-18(17)27-19/h1-11H,(H,25,29)(H,26,27).